The molecule has 0 bridgehead atoms. The van der Waals surface area contributed by atoms with Gasteiger partial charge in [-0.05, 0) is 50.4 Å². The van der Waals surface area contributed by atoms with Crippen LogP contribution in [0.3, 0.4) is 0 Å². The number of rotatable bonds is 3. The van der Waals surface area contributed by atoms with Gasteiger partial charge < -0.3 is 0 Å². The lowest BCUT2D eigenvalue weighted by Crippen LogP contribution is -2.19. The van der Waals surface area contributed by atoms with Gasteiger partial charge in [-0.1, -0.05) is 11.8 Å². The molecule has 2 aromatic heterocycles. The lowest BCUT2D eigenvalue weighted by molar-refractivity contribution is 0.101. The Hall–Kier alpha value is -2.47. The molecule has 0 unspecified atom stereocenters. The van der Waals surface area contributed by atoms with Gasteiger partial charge in [0.15, 0.2) is 16.6 Å². The number of Topliss-reactive ketones (excluding diaryl/α,β-unsaturated/α-hetero) is 1. The second kappa shape index (κ2) is 5.96. The molecule has 0 aliphatic carbocycles. The molecular weight excluding hydrogens is 310 g/mol. The average molecular weight is 325 g/mol. The van der Waals surface area contributed by atoms with E-state index in [0.29, 0.717) is 22.1 Å². The van der Waals surface area contributed by atoms with Gasteiger partial charge in [-0.15, -0.1) is 0 Å². The van der Waals surface area contributed by atoms with Crippen LogP contribution in [0.25, 0.3) is 16.7 Å². The zero-order valence-corrected chi connectivity index (χ0v) is 13.8. The van der Waals surface area contributed by atoms with Gasteiger partial charge in [-0.25, -0.2) is 9.97 Å². The number of carbonyl (C=O) groups excluding carboxylic acids is 1. The molecule has 0 aliphatic heterocycles. The average Bonchev–Trinajstić information content (AvgIpc) is 2.54. The van der Waals surface area contributed by atoms with Gasteiger partial charge in [0.2, 0.25) is 0 Å². The molecule has 23 heavy (non-hydrogen) atoms. The van der Waals surface area contributed by atoms with E-state index in [9.17, 15) is 9.59 Å². The summed E-state index contributed by atoms with van der Waals surface area (Å²) in [6.45, 7) is 3.41. The summed E-state index contributed by atoms with van der Waals surface area (Å²) in [5, 5.41) is 1.45. The summed E-state index contributed by atoms with van der Waals surface area (Å²) in [5.74, 6) is -0.00958. The lowest BCUT2D eigenvalue weighted by Gasteiger charge is -2.11. The predicted molar refractivity (Wildman–Crippen MR) is 91.7 cm³/mol. The molecule has 0 fully saturated rings. The highest BCUT2D eigenvalue weighted by atomic mass is 32.2. The Kier molecular flexibility index (Phi) is 4.00. The monoisotopic (exact) mass is 325 g/mol. The van der Waals surface area contributed by atoms with Crippen molar-refractivity contribution < 1.29 is 4.79 Å². The van der Waals surface area contributed by atoms with Crippen LogP contribution in [-0.4, -0.2) is 26.6 Å². The molecule has 3 rings (SSSR count). The Morgan fingerprint density at radius 1 is 1.09 bits per heavy atom. The number of carbonyl (C=O) groups is 1. The van der Waals surface area contributed by atoms with Crippen molar-refractivity contribution in [1.82, 2.24) is 14.5 Å². The topological polar surface area (TPSA) is 64.8 Å². The van der Waals surface area contributed by atoms with E-state index in [1.54, 1.807) is 34.9 Å². The van der Waals surface area contributed by atoms with Gasteiger partial charge in [0, 0.05) is 17.0 Å². The fourth-order valence-electron chi connectivity index (χ4n) is 2.43. The summed E-state index contributed by atoms with van der Waals surface area (Å²) in [4.78, 5) is 32.7. The summed E-state index contributed by atoms with van der Waals surface area (Å²) in [7, 11) is 0. The molecule has 5 nitrogen and oxygen atoms in total. The number of aryl methyl sites for hydroxylation is 1. The van der Waals surface area contributed by atoms with Crippen LogP contribution in [-0.2, 0) is 0 Å². The van der Waals surface area contributed by atoms with Crippen LogP contribution in [0, 0.1) is 6.92 Å². The highest BCUT2D eigenvalue weighted by Gasteiger charge is 2.11. The van der Waals surface area contributed by atoms with Crippen molar-refractivity contribution in [1.29, 1.82) is 0 Å². The van der Waals surface area contributed by atoms with Gasteiger partial charge >= 0.3 is 0 Å². The van der Waals surface area contributed by atoms with E-state index in [1.165, 1.54) is 24.8 Å². The lowest BCUT2D eigenvalue weighted by atomic mass is 10.1. The van der Waals surface area contributed by atoms with Crippen molar-refractivity contribution in [3.8, 4) is 5.69 Å². The maximum absolute atomic E-state index is 12.4. The standard InChI is InChI=1S/C17H15N3O2S/c1-10-14-8-9-15(22)20(16(14)19-17(18-10)23-3)13-6-4-12(5-7-13)11(2)21/h4-9H,1-3H3. The summed E-state index contributed by atoms with van der Waals surface area (Å²) in [5.41, 5.74) is 2.52. The van der Waals surface area contributed by atoms with Crippen LogP contribution in [0.5, 0.6) is 0 Å². The third-order valence-corrected chi connectivity index (χ3v) is 4.18. The highest BCUT2D eigenvalue weighted by Crippen LogP contribution is 2.20. The molecule has 0 spiro atoms. The van der Waals surface area contributed by atoms with Crippen molar-refractivity contribution in [2.75, 3.05) is 6.26 Å². The minimum Gasteiger partial charge on any atom is -0.295 e. The molecule has 1 aromatic carbocycles. The number of hydrogen-bond acceptors (Lipinski definition) is 5. The zero-order chi connectivity index (χ0) is 16.6. The minimum absolute atomic E-state index is 0.00958. The summed E-state index contributed by atoms with van der Waals surface area (Å²) < 4.78 is 1.55. The van der Waals surface area contributed by atoms with E-state index in [0.717, 1.165) is 11.1 Å². The third-order valence-electron chi connectivity index (χ3n) is 3.63. The Bertz CT molecular complexity index is 962. The van der Waals surface area contributed by atoms with E-state index in [-0.39, 0.29) is 11.3 Å². The van der Waals surface area contributed by atoms with Crippen molar-refractivity contribution in [3.63, 3.8) is 0 Å². The Morgan fingerprint density at radius 2 is 1.78 bits per heavy atom. The fourth-order valence-corrected chi connectivity index (χ4v) is 2.83. The first-order chi connectivity index (χ1) is 11.0. The SMILES string of the molecule is CSc1nc(C)c2ccc(=O)n(-c3ccc(C(C)=O)cc3)c2n1. The van der Waals surface area contributed by atoms with Crippen molar-refractivity contribution in [2.24, 2.45) is 0 Å². The molecule has 0 aliphatic rings. The third kappa shape index (κ3) is 2.77. The summed E-state index contributed by atoms with van der Waals surface area (Å²) in [6.07, 6.45) is 1.90. The van der Waals surface area contributed by atoms with Crippen LogP contribution >= 0.6 is 11.8 Å². The number of benzene rings is 1. The maximum atomic E-state index is 12.4. The Morgan fingerprint density at radius 3 is 2.39 bits per heavy atom. The van der Waals surface area contributed by atoms with Gasteiger partial charge in [-0.2, -0.15) is 0 Å². The van der Waals surface area contributed by atoms with E-state index < -0.39 is 0 Å². The first-order valence-corrected chi connectivity index (χ1v) is 8.29. The normalized spacial score (nSPS) is 10.9. The van der Waals surface area contributed by atoms with Crippen LogP contribution in [0.1, 0.15) is 23.0 Å². The number of hydrogen-bond donors (Lipinski definition) is 0. The number of thioether (sulfide) groups is 1. The first-order valence-electron chi connectivity index (χ1n) is 7.07. The molecular formula is C17H15N3O2S. The van der Waals surface area contributed by atoms with Crippen LogP contribution in [0.4, 0.5) is 0 Å². The second-order valence-electron chi connectivity index (χ2n) is 5.14. The summed E-state index contributed by atoms with van der Waals surface area (Å²) >= 11 is 1.43. The largest absolute Gasteiger partial charge is 0.295 e. The van der Waals surface area contributed by atoms with Crippen molar-refractivity contribution >= 4 is 28.6 Å². The molecule has 6 heteroatoms. The maximum Gasteiger partial charge on any atom is 0.256 e. The van der Waals surface area contributed by atoms with E-state index in [2.05, 4.69) is 9.97 Å². The minimum atomic E-state index is -0.168. The molecule has 3 aromatic rings. The van der Waals surface area contributed by atoms with Gasteiger partial charge in [0.05, 0.1) is 11.4 Å². The van der Waals surface area contributed by atoms with Crippen LogP contribution in [0.2, 0.25) is 0 Å². The molecule has 0 amide bonds. The smallest absolute Gasteiger partial charge is 0.256 e. The quantitative estimate of drug-likeness (QED) is 0.421. The zero-order valence-electron chi connectivity index (χ0n) is 13.0. The Balaban J connectivity index is 2.31. The summed E-state index contributed by atoms with van der Waals surface area (Å²) in [6, 6.07) is 10.2. The number of fused-ring (bicyclic) bond motifs is 1. The molecule has 0 saturated carbocycles. The first kappa shape index (κ1) is 15.4. The van der Waals surface area contributed by atoms with Crippen molar-refractivity contribution in [3.05, 3.63) is 58.0 Å². The van der Waals surface area contributed by atoms with Gasteiger partial charge in [-0.3, -0.25) is 14.2 Å². The Labute approximate surface area is 137 Å². The predicted octanol–water partition coefficient (Wildman–Crippen LogP) is 3.01. The van der Waals surface area contributed by atoms with Crippen LogP contribution in [0.15, 0.2) is 46.3 Å². The molecule has 0 atom stereocenters. The van der Waals surface area contributed by atoms with E-state index >= 15 is 0 Å². The highest BCUT2D eigenvalue weighted by molar-refractivity contribution is 7.98. The molecule has 0 radical (unpaired) electrons. The molecule has 2 heterocycles. The molecule has 0 N–H and O–H groups in total. The fraction of sp³-hybridized carbons (Fsp3) is 0.176. The molecule has 0 saturated heterocycles. The van der Waals surface area contributed by atoms with Crippen molar-refractivity contribution in [2.45, 2.75) is 19.0 Å². The van der Waals surface area contributed by atoms with E-state index in [4.69, 9.17) is 0 Å². The van der Waals surface area contributed by atoms with Gasteiger partial charge in [0.1, 0.15) is 0 Å². The number of aromatic nitrogens is 3. The second-order valence-corrected chi connectivity index (χ2v) is 5.92. The van der Waals surface area contributed by atoms with Crippen LogP contribution < -0.4 is 5.56 Å². The number of pyridine rings is 1. The van der Waals surface area contributed by atoms with Gasteiger partial charge in [0.25, 0.3) is 5.56 Å². The number of ketones is 1. The van der Waals surface area contributed by atoms with E-state index in [1.807, 2.05) is 13.2 Å². The molecule has 116 valence electrons. The number of nitrogens with zero attached hydrogens (tertiary/aromatic N) is 3.